The van der Waals surface area contributed by atoms with E-state index in [4.69, 9.17) is 0 Å². The number of sulfonamides is 1. The number of rotatable bonds is 7. The largest absolute Gasteiger partial charge is 0.389 e. The van der Waals surface area contributed by atoms with Gasteiger partial charge in [-0.15, -0.1) is 10.2 Å². The summed E-state index contributed by atoms with van der Waals surface area (Å²) in [4.78, 5) is 1.44. The normalized spacial score (nSPS) is 12.3. The summed E-state index contributed by atoms with van der Waals surface area (Å²) in [6, 6.07) is 12.0. The zero-order valence-corrected chi connectivity index (χ0v) is 16.2. The minimum Gasteiger partial charge on any atom is -0.389 e. The molecule has 1 aromatic heterocycles. The van der Waals surface area contributed by atoms with E-state index in [1.807, 2.05) is 0 Å². The van der Waals surface area contributed by atoms with Gasteiger partial charge in [-0.25, -0.2) is 17.5 Å². The molecule has 8 nitrogen and oxygen atoms in total. The average Bonchev–Trinajstić information content (AvgIpc) is 3.10. The van der Waals surface area contributed by atoms with E-state index < -0.39 is 15.6 Å². The molecule has 0 aliphatic heterocycles. The van der Waals surface area contributed by atoms with Gasteiger partial charge in [0.15, 0.2) is 0 Å². The Morgan fingerprint density at radius 2 is 1.75 bits per heavy atom. The van der Waals surface area contributed by atoms with Crippen LogP contribution in [0.5, 0.6) is 0 Å². The highest BCUT2D eigenvalue weighted by Gasteiger charge is 2.20. The fourth-order valence-electron chi connectivity index (χ4n) is 2.32. The molecule has 0 saturated carbocycles. The number of nitrogens with one attached hydrogen (secondary N) is 1. The van der Waals surface area contributed by atoms with Crippen LogP contribution in [0.1, 0.15) is 19.4 Å². The lowest BCUT2D eigenvalue weighted by molar-refractivity contribution is 0.0857. The van der Waals surface area contributed by atoms with Gasteiger partial charge in [0.05, 0.1) is 17.0 Å². The van der Waals surface area contributed by atoms with Crippen LogP contribution in [0.15, 0.2) is 53.4 Å². The fourth-order valence-corrected chi connectivity index (χ4v) is 3.52. The molecular formula is C18H20FN5O3S. The third-order valence-corrected chi connectivity index (χ3v) is 5.22. The first-order valence-corrected chi connectivity index (χ1v) is 9.95. The van der Waals surface area contributed by atoms with Crippen LogP contribution in [0, 0.1) is 5.82 Å². The Balaban J connectivity index is 1.71. The van der Waals surface area contributed by atoms with E-state index in [9.17, 15) is 17.9 Å². The second kappa shape index (κ2) is 7.74. The molecule has 3 aromatic rings. The monoisotopic (exact) mass is 405 g/mol. The first kappa shape index (κ1) is 20.1. The third-order valence-electron chi connectivity index (χ3n) is 3.81. The van der Waals surface area contributed by atoms with Gasteiger partial charge in [0, 0.05) is 12.1 Å². The highest BCUT2D eigenvalue weighted by molar-refractivity contribution is 7.89. The number of nitrogens with zero attached hydrogens (tertiary/aromatic N) is 4. The summed E-state index contributed by atoms with van der Waals surface area (Å²) in [5.74, 6) is 0.0265. The Bertz CT molecular complexity index is 1040. The molecule has 10 heteroatoms. The van der Waals surface area contributed by atoms with Crippen molar-refractivity contribution in [2.24, 2.45) is 0 Å². The molecule has 28 heavy (non-hydrogen) atoms. The minimum atomic E-state index is -3.73. The van der Waals surface area contributed by atoms with E-state index in [0.717, 1.165) is 5.56 Å². The number of hydrogen-bond donors (Lipinski definition) is 2. The molecule has 0 aliphatic rings. The number of benzene rings is 2. The number of aliphatic hydroxyl groups is 1. The van der Waals surface area contributed by atoms with Crippen molar-refractivity contribution in [2.75, 3.05) is 6.54 Å². The molecule has 0 fully saturated rings. The van der Waals surface area contributed by atoms with Crippen LogP contribution < -0.4 is 4.72 Å². The third kappa shape index (κ3) is 5.18. The molecule has 2 aromatic carbocycles. The van der Waals surface area contributed by atoms with E-state index >= 15 is 0 Å². The Labute approximate surface area is 162 Å². The van der Waals surface area contributed by atoms with Crippen molar-refractivity contribution in [3.63, 3.8) is 0 Å². The van der Waals surface area contributed by atoms with Crippen molar-refractivity contribution < 1.29 is 17.9 Å². The highest BCUT2D eigenvalue weighted by Crippen LogP contribution is 2.18. The number of aromatic nitrogens is 4. The maximum absolute atomic E-state index is 13.0. The molecule has 0 aliphatic carbocycles. The first-order valence-electron chi connectivity index (χ1n) is 8.47. The second-order valence-electron chi connectivity index (χ2n) is 6.93. The molecule has 0 saturated heterocycles. The van der Waals surface area contributed by atoms with Gasteiger partial charge in [-0.1, -0.05) is 12.1 Å². The predicted octanol–water partition coefficient (Wildman–Crippen LogP) is 1.58. The van der Waals surface area contributed by atoms with Crippen LogP contribution in [0.4, 0.5) is 4.39 Å². The second-order valence-corrected chi connectivity index (χ2v) is 8.70. The van der Waals surface area contributed by atoms with E-state index in [1.54, 1.807) is 24.3 Å². The predicted molar refractivity (Wildman–Crippen MR) is 100 cm³/mol. The molecule has 0 atom stereocenters. The van der Waals surface area contributed by atoms with Gasteiger partial charge in [-0.3, -0.25) is 0 Å². The molecule has 148 valence electrons. The van der Waals surface area contributed by atoms with Gasteiger partial charge in [-0.05, 0) is 61.0 Å². The van der Waals surface area contributed by atoms with Crippen LogP contribution in [0.25, 0.3) is 11.4 Å². The van der Waals surface area contributed by atoms with Gasteiger partial charge < -0.3 is 5.11 Å². The zero-order chi connectivity index (χ0) is 20.4. The van der Waals surface area contributed by atoms with Crippen LogP contribution >= 0.6 is 0 Å². The van der Waals surface area contributed by atoms with Crippen LogP contribution in [-0.2, 0) is 16.6 Å². The van der Waals surface area contributed by atoms with Crippen LogP contribution in [0.2, 0.25) is 0 Å². The van der Waals surface area contributed by atoms with E-state index in [1.165, 1.54) is 42.9 Å². The van der Waals surface area contributed by atoms with Gasteiger partial charge in [0.25, 0.3) is 0 Å². The molecule has 0 spiro atoms. The molecule has 1 heterocycles. The molecule has 0 unspecified atom stereocenters. The number of hydrogen-bond acceptors (Lipinski definition) is 6. The Morgan fingerprint density at radius 1 is 1.11 bits per heavy atom. The minimum absolute atomic E-state index is 0.0687. The summed E-state index contributed by atoms with van der Waals surface area (Å²) >= 11 is 0. The van der Waals surface area contributed by atoms with E-state index in [2.05, 4.69) is 20.1 Å². The Hall–Kier alpha value is -2.69. The summed E-state index contributed by atoms with van der Waals surface area (Å²) in [6.45, 7) is 3.26. The summed E-state index contributed by atoms with van der Waals surface area (Å²) in [5, 5.41) is 21.9. The maximum Gasteiger partial charge on any atom is 0.240 e. The summed E-state index contributed by atoms with van der Waals surface area (Å²) < 4.78 is 39.8. The van der Waals surface area contributed by atoms with Gasteiger partial charge in [0.2, 0.25) is 15.8 Å². The quantitative estimate of drug-likeness (QED) is 0.618. The van der Waals surface area contributed by atoms with Crippen LogP contribution in [0.3, 0.4) is 0 Å². The van der Waals surface area contributed by atoms with Gasteiger partial charge in [-0.2, -0.15) is 4.80 Å². The lowest BCUT2D eigenvalue weighted by Gasteiger charge is -2.17. The van der Waals surface area contributed by atoms with Crippen molar-refractivity contribution in [3.8, 4) is 11.4 Å². The molecule has 0 radical (unpaired) electrons. The van der Waals surface area contributed by atoms with Gasteiger partial charge in [0.1, 0.15) is 5.82 Å². The summed E-state index contributed by atoms with van der Waals surface area (Å²) in [5.41, 5.74) is 0.274. The zero-order valence-electron chi connectivity index (χ0n) is 15.4. The van der Waals surface area contributed by atoms with Crippen LogP contribution in [-0.4, -0.2) is 45.9 Å². The lowest BCUT2D eigenvalue weighted by Crippen LogP contribution is -2.38. The van der Waals surface area contributed by atoms with Crippen molar-refractivity contribution in [1.29, 1.82) is 0 Å². The van der Waals surface area contributed by atoms with E-state index in [0.29, 0.717) is 17.9 Å². The van der Waals surface area contributed by atoms with E-state index in [-0.39, 0.29) is 17.3 Å². The molecule has 0 amide bonds. The lowest BCUT2D eigenvalue weighted by atomic mass is 10.1. The number of halogens is 1. The maximum atomic E-state index is 13.0. The van der Waals surface area contributed by atoms with Crippen molar-refractivity contribution >= 4 is 10.0 Å². The summed E-state index contributed by atoms with van der Waals surface area (Å²) in [7, 11) is -3.73. The molecule has 2 N–H and O–H groups in total. The average molecular weight is 405 g/mol. The Morgan fingerprint density at radius 3 is 2.36 bits per heavy atom. The van der Waals surface area contributed by atoms with Crippen molar-refractivity contribution in [3.05, 3.63) is 59.9 Å². The van der Waals surface area contributed by atoms with Crippen molar-refractivity contribution in [2.45, 2.75) is 30.9 Å². The topological polar surface area (TPSA) is 110 Å². The fraction of sp³-hybridized carbons (Fsp3) is 0.278. The number of tetrazole rings is 1. The molecular weight excluding hydrogens is 385 g/mol. The molecule has 0 bridgehead atoms. The van der Waals surface area contributed by atoms with Crippen molar-refractivity contribution in [1.82, 2.24) is 24.9 Å². The first-order chi connectivity index (χ1) is 13.1. The summed E-state index contributed by atoms with van der Waals surface area (Å²) in [6.07, 6.45) is 0. The van der Waals surface area contributed by atoms with Gasteiger partial charge >= 0.3 is 0 Å². The SMILES string of the molecule is CC(C)(O)CNS(=O)(=O)c1ccc(-c2nnn(Cc3ccc(F)cc3)n2)cc1. The molecule has 3 rings (SSSR count). The smallest absolute Gasteiger partial charge is 0.240 e. The Kier molecular flexibility index (Phi) is 5.54. The standard InChI is InChI=1S/C18H20FN5O3S/c1-18(2,25)12-20-28(26,27)16-9-5-14(6-10-16)17-21-23-24(22-17)11-13-3-7-15(19)8-4-13/h3-10,20,25H,11-12H2,1-2H3. The highest BCUT2D eigenvalue weighted by atomic mass is 32.2.